The molecule has 0 spiro atoms. The zero-order valence-corrected chi connectivity index (χ0v) is 18.6. The van der Waals surface area contributed by atoms with Gasteiger partial charge in [0, 0.05) is 18.3 Å². The van der Waals surface area contributed by atoms with Crippen molar-refractivity contribution < 1.29 is 13.2 Å². The Balaban J connectivity index is 1.77. The number of halogens is 1. The third kappa shape index (κ3) is 4.91. The zero-order chi connectivity index (χ0) is 21.0. The summed E-state index contributed by atoms with van der Waals surface area (Å²) in [5.74, 6) is -0.481. The quantitative estimate of drug-likeness (QED) is 0.522. The molecule has 0 bridgehead atoms. The highest BCUT2D eigenvalue weighted by Crippen LogP contribution is 2.28. The van der Waals surface area contributed by atoms with Gasteiger partial charge in [0.05, 0.1) is 16.1 Å². The molecule has 1 amide bonds. The van der Waals surface area contributed by atoms with Crippen LogP contribution < -0.4 is 5.32 Å². The number of rotatable bonds is 6. The largest absolute Gasteiger partial charge is 0.321 e. The van der Waals surface area contributed by atoms with Crippen molar-refractivity contribution in [3.05, 3.63) is 41.2 Å². The van der Waals surface area contributed by atoms with Gasteiger partial charge in [-0.3, -0.25) is 4.79 Å². The highest BCUT2D eigenvalue weighted by Gasteiger charge is 2.32. The van der Waals surface area contributed by atoms with Gasteiger partial charge < -0.3 is 5.32 Å². The molecule has 1 aromatic heterocycles. The van der Waals surface area contributed by atoms with E-state index < -0.39 is 15.9 Å². The number of amides is 1. The summed E-state index contributed by atoms with van der Waals surface area (Å²) in [5, 5.41) is 3.28. The van der Waals surface area contributed by atoms with E-state index >= 15 is 0 Å². The summed E-state index contributed by atoms with van der Waals surface area (Å²) >= 11 is 7.34. The van der Waals surface area contributed by atoms with E-state index in [1.807, 2.05) is 6.92 Å². The summed E-state index contributed by atoms with van der Waals surface area (Å²) in [6, 6.07) is 6.21. The molecule has 1 aliphatic heterocycles. The van der Waals surface area contributed by atoms with Crippen molar-refractivity contribution in [3.63, 3.8) is 0 Å². The van der Waals surface area contributed by atoms with Crippen molar-refractivity contribution in [2.45, 2.75) is 48.7 Å². The number of thioether (sulfide) groups is 1. The van der Waals surface area contributed by atoms with Crippen molar-refractivity contribution in [3.8, 4) is 0 Å². The molecular formula is C19H23ClN4O3S2. The number of hydrogen-bond acceptors (Lipinski definition) is 6. The molecule has 1 unspecified atom stereocenters. The predicted octanol–water partition coefficient (Wildman–Crippen LogP) is 4.06. The number of carbonyl (C=O) groups excluding carboxylic acids is 1. The molecule has 29 heavy (non-hydrogen) atoms. The van der Waals surface area contributed by atoms with Crippen molar-refractivity contribution >= 4 is 45.0 Å². The number of aromatic nitrogens is 2. The van der Waals surface area contributed by atoms with Crippen molar-refractivity contribution in [2.24, 2.45) is 0 Å². The first kappa shape index (κ1) is 22.0. The minimum absolute atomic E-state index is 0.0404. The van der Waals surface area contributed by atoms with Gasteiger partial charge in [-0.05, 0) is 49.8 Å². The molecule has 0 radical (unpaired) electrons. The van der Waals surface area contributed by atoms with Gasteiger partial charge in [0.2, 0.25) is 10.0 Å². The number of carbonyl (C=O) groups is 1. The van der Waals surface area contributed by atoms with Gasteiger partial charge in [0.1, 0.15) is 0 Å². The number of hydrogen-bond donors (Lipinski definition) is 1. The molecule has 0 aliphatic carbocycles. The van der Waals surface area contributed by atoms with Crippen LogP contribution in [0.3, 0.4) is 0 Å². The lowest BCUT2D eigenvalue weighted by Gasteiger charge is -2.34. The van der Waals surface area contributed by atoms with Crippen molar-refractivity contribution in [1.29, 1.82) is 0 Å². The highest BCUT2D eigenvalue weighted by molar-refractivity contribution is 7.98. The molecule has 1 atom stereocenters. The van der Waals surface area contributed by atoms with E-state index in [0.717, 1.165) is 25.7 Å². The summed E-state index contributed by atoms with van der Waals surface area (Å²) in [5.41, 5.74) is 0.529. The average Bonchev–Trinajstić information content (AvgIpc) is 2.74. The fourth-order valence-electron chi connectivity index (χ4n) is 3.34. The monoisotopic (exact) mass is 454 g/mol. The third-order valence-corrected chi connectivity index (χ3v) is 7.69. The van der Waals surface area contributed by atoms with Crippen LogP contribution in [0.4, 0.5) is 5.69 Å². The normalized spacial score (nSPS) is 17.8. The van der Waals surface area contributed by atoms with E-state index in [1.54, 1.807) is 22.7 Å². The molecule has 1 fully saturated rings. The van der Waals surface area contributed by atoms with E-state index in [0.29, 0.717) is 17.4 Å². The molecule has 7 nitrogen and oxygen atoms in total. The van der Waals surface area contributed by atoms with Gasteiger partial charge >= 0.3 is 0 Å². The molecule has 1 saturated heterocycles. The average molecular weight is 455 g/mol. The van der Waals surface area contributed by atoms with Gasteiger partial charge in [-0.15, -0.1) is 0 Å². The van der Waals surface area contributed by atoms with Crippen LogP contribution in [0.5, 0.6) is 0 Å². The fraction of sp³-hybridized carbons (Fsp3) is 0.421. The summed E-state index contributed by atoms with van der Waals surface area (Å²) in [7, 11) is -3.56. The van der Waals surface area contributed by atoms with E-state index in [2.05, 4.69) is 15.3 Å². The molecule has 2 aromatic rings. The summed E-state index contributed by atoms with van der Waals surface area (Å²) < 4.78 is 27.7. The Morgan fingerprint density at radius 2 is 2.03 bits per heavy atom. The van der Waals surface area contributed by atoms with Crippen molar-refractivity contribution in [1.82, 2.24) is 14.3 Å². The van der Waals surface area contributed by atoms with Crippen molar-refractivity contribution in [2.75, 3.05) is 18.1 Å². The molecule has 1 aromatic carbocycles. The van der Waals surface area contributed by atoms with Crippen LogP contribution in [-0.2, 0) is 10.0 Å². The van der Waals surface area contributed by atoms with Crippen LogP contribution in [0.25, 0.3) is 0 Å². The zero-order valence-electron chi connectivity index (χ0n) is 16.3. The van der Waals surface area contributed by atoms with Crippen LogP contribution in [-0.4, -0.2) is 47.4 Å². The number of benzene rings is 1. The Labute approximate surface area is 180 Å². The molecule has 1 N–H and O–H groups in total. The molecule has 0 saturated carbocycles. The maximum absolute atomic E-state index is 13.0. The van der Waals surface area contributed by atoms with E-state index in [4.69, 9.17) is 11.6 Å². The lowest BCUT2D eigenvalue weighted by molar-refractivity contribution is 0.102. The van der Waals surface area contributed by atoms with Gasteiger partial charge in [-0.1, -0.05) is 36.7 Å². The first-order valence-corrected chi connectivity index (χ1v) is 12.4. The number of nitrogens with one attached hydrogen (secondary N) is 1. The molecule has 10 heteroatoms. The Bertz CT molecular complexity index is 983. The van der Waals surface area contributed by atoms with Crippen LogP contribution in [0.15, 0.2) is 40.5 Å². The van der Waals surface area contributed by atoms with E-state index in [-0.39, 0.29) is 21.7 Å². The van der Waals surface area contributed by atoms with Gasteiger partial charge in [-0.2, -0.15) is 4.31 Å². The maximum Gasteiger partial charge on any atom is 0.275 e. The van der Waals surface area contributed by atoms with E-state index in [9.17, 15) is 13.2 Å². The molecule has 1 aliphatic rings. The minimum Gasteiger partial charge on any atom is -0.321 e. The Morgan fingerprint density at radius 3 is 2.69 bits per heavy atom. The molecular weight excluding hydrogens is 432 g/mol. The highest BCUT2D eigenvalue weighted by atomic mass is 35.5. The van der Waals surface area contributed by atoms with E-state index in [1.165, 1.54) is 30.1 Å². The Hall–Kier alpha value is -1.68. The fourth-order valence-corrected chi connectivity index (χ4v) is 5.63. The second kappa shape index (κ2) is 9.42. The lowest BCUT2D eigenvalue weighted by Crippen LogP contribution is -2.43. The number of piperidine rings is 1. The number of sulfonamides is 1. The second-order valence-corrected chi connectivity index (χ2v) is 9.78. The maximum atomic E-state index is 13.0. The topological polar surface area (TPSA) is 92.3 Å². The summed E-state index contributed by atoms with van der Waals surface area (Å²) in [4.78, 5) is 20.9. The summed E-state index contributed by atoms with van der Waals surface area (Å²) in [6.45, 7) is 2.56. The lowest BCUT2D eigenvalue weighted by atomic mass is 10.0. The van der Waals surface area contributed by atoms with Gasteiger partial charge in [0.25, 0.3) is 5.91 Å². The van der Waals surface area contributed by atoms with Crippen LogP contribution in [0, 0.1) is 0 Å². The number of nitrogens with zero attached hydrogens (tertiary/aromatic N) is 3. The van der Waals surface area contributed by atoms with Crippen LogP contribution >= 0.6 is 23.4 Å². The third-order valence-electron chi connectivity index (χ3n) is 4.88. The Morgan fingerprint density at radius 1 is 1.31 bits per heavy atom. The minimum atomic E-state index is -3.56. The second-order valence-electron chi connectivity index (χ2n) is 6.71. The standard InChI is InChI=1S/C19H23ClN4O3S2/c1-3-14-6-4-5-11-24(14)29(26,27)15-9-7-13(8-10-15)22-18(25)17-16(20)12-21-19(23-17)28-2/h7-10,12,14H,3-6,11H2,1-2H3,(H,22,25). The summed E-state index contributed by atoms with van der Waals surface area (Å²) in [6.07, 6.45) is 6.80. The van der Waals surface area contributed by atoms with Crippen LogP contribution in [0.2, 0.25) is 5.02 Å². The SMILES string of the molecule is CCC1CCCCN1S(=O)(=O)c1ccc(NC(=O)c2nc(SC)ncc2Cl)cc1. The van der Waals surface area contributed by atoms with Gasteiger partial charge in [-0.25, -0.2) is 18.4 Å². The predicted molar refractivity (Wildman–Crippen MR) is 115 cm³/mol. The van der Waals surface area contributed by atoms with Gasteiger partial charge in [0.15, 0.2) is 10.9 Å². The molecule has 2 heterocycles. The first-order valence-electron chi connectivity index (χ1n) is 9.36. The first-order chi connectivity index (χ1) is 13.9. The smallest absolute Gasteiger partial charge is 0.275 e. The molecule has 3 rings (SSSR count). The molecule has 156 valence electrons. The van der Waals surface area contributed by atoms with Crippen LogP contribution in [0.1, 0.15) is 43.1 Å². The number of anilines is 1. The Kier molecular flexibility index (Phi) is 7.15.